The number of nitrogens with zero attached hydrogens (tertiary/aromatic N) is 4. The van der Waals surface area contributed by atoms with Crippen LogP contribution in [0.25, 0.3) is 0 Å². The lowest BCUT2D eigenvalue weighted by molar-refractivity contribution is -0.118. The van der Waals surface area contributed by atoms with Crippen molar-refractivity contribution in [3.8, 4) is 5.75 Å². The number of amides is 1. The van der Waals surface area contributed by atoms with Crippen molar-refractivity contribution in [2.24, 2.45) is 0 Å². The molecule has 0 aliphatic rings. The minimum Gasteiger partial charge on any atom is -0.484 e. The zero-order valence-corrected chi connectivity index (χ0v) is 14.7. The zero-order chi connectivity index (χ0) is 17.7. The molecule has 7 heteroatoms. The summed E-state index contributed by atoms with van der Waals surface area (Å²) in [6, 6.07) is 7.56. The Morgan fingerprint density at radius 2 is 1.96 bits per heavy atom. The standard InChI is InChI=1S/C17H23N5O2/c1-12-7-6-8-13(9-12)24-11-15(23)19-14-10-18-17(22(4)5)20-16(14)21(2)3/h6-10H,11H2,1-5H3,(H,19,23). The Morgan fingerprint density at radius 3 is 2.58 bits per heavy atom. The van der Waals surface area contributed by atoms with Crippen LogP contribution in [-0.4, -0.2) is 50.7 Å². The van der Waals surface area contributed by atoms with Gasteiger partial charge in [-0.05, 0) is 24.6 Å². The summed E-state index contributed by atoms with van der Waals surface area (Å²) in [4.78, 5) is 24.5. The highest BCUT2D eigenvalue weighted by atomic mass is 16.5. The van der Waals surface area contributed by atoms with Crippen LogP contribution in [0.1, 0.15) is 5.56 Å². The lowest BCUT2D eigenvalue weighted by Gasteiger charge is -2.19. The molecular weight excluding hydrogens is 306 g/mol. The van der Waals surface area contributed by atoms with Gasteiger partial charge in [-0.2, -0.15) is 4.98 Å². The fourth-order valence-corrected chi connectivity index (χ4v) is 2.05. The monoisotopic (exact) mass is 329 g/mol. The van der Waals surface area contributed by atoms with Crippen molar-refractivity contribution in [3.63, 3.8) is 0 Å². The van der Waals surface area contributed by atoms with E-state index in [1.54, 1.807) is 11.1 Å². The number of aryl methyl sites for hydroxylation is 1. The Bertz CT molecular complexity index is 716. The van der Waals surface area contributed by atoms with Gasteiger partial charge in [0.15, 0.2) is 12.4 Å². The number of ether oxygens (including phenoxy) is 1. The molecule has 0 bridgehead atoms. The molecule has 0 fully saturated rings. The van der Waals surface area contributed by atoms with Crippen molar-refractivity contribution < 1.29 is 9.53 Å². The van der Waals surface area contributed by atoms with Gasteiger partial charge < -0.3 is 19.9 Å². The third-order valence-electron chi connectivity index (χ3n) is 3.21. The molecule has 2 rings (SSSR count). The normalized spacial score (nSPS) is 10.2. The summed E-state index contributed by atoms with van der Waals surface area (Å²) in [5.41, 5.74) is 1.62. The van der Waals surface area contributed by atoms with E-state index in [9.17, 15) is 4.79 Å². The van der Waals surface area contributed by atoms with E-state index in [4.69, 9.17) is 4.74 Å². The predicted octanol–water partition coefficient (Wildman–Crippen LogP) is 1.93. The molecule has 1 aromatic heterocycles. The number of hydrogen-bond acceptors (Lipinski definition) is 6. The van der Waals surface area contributed by atoms with Crippen LogP contribution >= 0.6 is 0 Å². The molecule has 0 spiro atoms. The fourth-order valence-electron chi connectivity index (χ4n) is 2.05. The van der Waals surface area contributed by atoms with Crippen LogP contribution in [0, 0.1) is 6.92 Å². The maximum Gasteiger partial charge on any atom is 0.262 e. The average Bonchev–Trinajstić information content (AvgIpc) is 2.53. The van der Waals surface area contributed by atoms with E-state index in [-0.39, 0.29) is 12.5 Å². The molecule has 1 amide bonds. The Labute approximate surface area is 142 Å². The molecule has 24 heavy (non-hydrogen) atoms. The second-order valence-electron chi connectivity index (χ2n) is 5.85. The molecule has 1 N–H and O–H groups in total. The van der Waals surface area contributed by atoms with Crippen LogP contribution < -0.4 is 19.9 Å². The van der Waals surface area contributed by atoms with Crippen LogP contribution in [0.5, 0.6) is 5.75 Å². The third kappa shape index (κ3) is 4.58. The molecule has 0 aliphatic carbocycles. The first-order valence-electron chi connectivity index (χ1n) is 7.58. The number of rotatable bonds is 6. The van der Waals surface area contributed by atoms with Gasteiger partial charge in [-0.15, -0.1) is 0 Å². The molecule has 7 nitrogen and oxygen atoms in total. The highest BCUT2D eigenvalue weighted by Gasteiger charge is 2.13. The Hall–Kier alpha value is -2.83. The van der Waals surface area contributed by atoms with Crippen molar-refractivity contribution in [2.45, 2.75) is 6.92 Å². The van der Waals surface area contributed by atoms with Crippen molar-refractivity contribution in [1.82, 2.24) is 9.97 Å². The van der Waals surface area contributed by atoms with Gasteiger partial charge in [0, 0.05) is 28.2 Å². The number of aromatic nitrogens is 2. The zero-order valence-electron chi connectivity index (χ0n) is 14.7. The molecule has 0 radical (unpaired) electrons. The summed E-state index contributed by atoms with van der Waals surface area (Å²) < 4.78 is 5.51. The Kier molecular flexibility index (Phi) is 5.57. The van der Waals surface area contributed by atoms with Crippen molar-refractivity contribution in [3.05, 3.63) is 36.0 Å². The van der Waals surface area contributed by atoms with E-state index in [0.717, 1.165) is 5.56 Å². The quantitative estimate of drug-likeness (QED) is 0.873. The van der Waals surface area contributed by atoms with E-state index < -0.39 is 0 Å². The lowest BCUT2D eigenvalue weighted by Crippen LogP contribution is -2.24. The molecule has 0 unspecified atom stereocenters. The first kappa shape index (κ1) is 17.5. The van der Waals surface area contributed by atoms with E-state index in [0.29, 0.717) is 23.2 Å². The first-order chi connectivity index (χ1) is 11.4. The predicted molar refractivity (Wildman–Crippen MR) is 96.0 cm³/mol. The highest BCUT2D eigenvalue weighted by Crippen LogP contribution is 2.23. The van der Waals surface area contributed by atoms with E-state index >= 15 is 0 Å². The third-order valence-corrected chi connectivity index (χ3v) is 3.21. The van der Waals surface area contributed by atoms with Gasteiger partial charge in [-0.3, -0.25) is 4.79 Å². The molecule has 0 saturated heterocycles. The maximum atomic E-state index is 12.1. The summed E-state index contributed by atoms with van der Waals surface area (Å²) >= 11 is 0. The summed E-state index contributed by atoms with van der Waals surface area (Å²) in [6.45, 7) is 1.89. The summed E-state index contributed by atoms with van der Waals surface area (Å²) in [7, 11) is 7.45. The molecular formula is C17H23N5O2. The van der Waals surface area contributed by atoms with Gasteiger partial charge in [-0.1, -0.05) is 12.1 Å². The van der Waals surface area contributed by atoms with E-state index in [2.05, 4.69) is 15.3 Å². The van der Waals surface area contributed by atoms with E-state index in [1.807, 2.05) is 64.3 Å². The SMILES string of the molecule is Cc1cccc(OCC(=O)Nc2cnc(N(C)C)nc2N(C)C)c1. The number of nitrogens with one attached hydrogen (secondary N) is 1. The van der Waals surface area contributed by atoms with Gasteiger partial charge in [0.25, 0.3) is 5.91 Å². The van der Waals surface area contributed by atoms with Gasteiger partial charge in [-0.25, -0.2) is 4.98 Å². The van der Waals surface area contributed by atoms with Crippen molar-refractivity contribution in [1.29, 1.82) is 0 Å². The number of carbonyl (C=O) groups is 1. The summed E-state index contributed by atoms with van der Waals surface area (Å²) in [6.07, 6.45) is 1.60. The molecule has 2 aromatic rings. The fraction of sp³-hybridized carbons (Fsp3) is 0.353. The van der Waals surface area contributed by atoms with Gasteiger partial charge >= 0.3 is 0 Å². The van der Waals surface area contributed by atoms with Gasteiger partial charge in [0.05, 0.1) is 6.20 Å². The van der Waals surface area contributed by atoms with Crippen LogP contribution in [0.2, 0.25) is 0 Å². The minimum atomic E-state index is -0.263. The van der Waals surface area contributed by atoms with Crippen LogP contribution in [0.3, 0.4) is 0 Å². The molecule has 1 aromatic carbocycles. The van der Waals surface area contributed by atoms with Gasteiger partial charge in [0.2, 0.25) is 5.95 Å². The summed E-state index contributed by atoms with van der Waals surface area (Å²) in [5, 5.41) is 2.79. The van der Waals surface area contributed by atoms with Crippen LogP contribution in [0.4, 0.5) is 17.5 Å². The maximum absolute atomic E-state index is 12.1. The van der Waals surface area contributed by atoms with E-state index in [1.165, 1.54) is 0 Å². The highest BCUT2D eigenvalue weighted by molar-refractivity contribution is 5.94. The molecule has 0 saturated carbocycles. The number of anilines is 3. The lowest BCUT2D eigenvalue weighted by atomic mass is 10.2. The van der Waals surface area contributed by atoms with Gasteiger partial charge in [0.1, 0.15) is 11.4 Å². The average molecular weight is 329 g/mol. The first-order valence-corrected chi connectivity index (χ1v) is 7.58. The number of benzene rings is 1. The number of hydrogen-bond donors (Lipinski definition) is 1. The Balaban J connectivity index is 2.05. The smallest absolute Gasteiger partial charge is 0.262 e. The molecule has 0 atom stereocenters. The van der Waals surface area contributed by atoms with Crippen molar-refractivity contribution >= 4 is 23.4 Å². The Morgan fingerprint density at radius 1 is 1.21 bits per heavy atom. The largest absolute Gasteiger partial charge is 0.484 e. The van der Waals surface area contributed by atoms with Crippen molar-refractivity contribution in [2.75, 3.05) is 49.9 Å². The molecule has 0 aliphatic heterocycles. The topological polar surface area (TPSA) is 70.6 Å². The molecule has 128 valence electrons. The number of carbonyl (C=O) groups excluding carboxylic acids is 1. The molecule has 1 heterocycles. The van der Waals surface area contributed by atoms with Crippen LogP contribution in [0.15, 0.2) is 30.5 Å². The second-order valence-corrected chi connectivity index (χ2v) is 5.85. The minimum absolute atomic E-state index is 0.0776. The van der Waals surface area contributed by atoms with Crippen LogP contribution in [-0.2, 0) is 4.79 Å². The summed E-state index contributed by atoms with van der Waals surface area (Å²) in [5.74, 6) is 1.61. The second kappa shape index (κ2) is 7.63.